The molecule has 2 heterocycles. The Morgan fingerprint density at radius 1 is 0.915 bits per heavy atom. The Kier molecular flexibility index (Phi) is 10.1. The van der Waals surface area contributed by atoms with Crippen LogP contribution in [0.3, 0.4) is 0 Å². The van der Waals surface area contributed by atoms with Crippen LogP contribution in [-0.4, -0.2) is 53.9 Å². The van der Waals surface area contributed by atoms with Crippen LogP contribution in [0.15, 0.2) is 97.2 Å². The number of methoxy groups -OCH3 is 1. The number of aromatic hydroxyl groups is 1. The van der Waals surface area contributed by atoms with Gasteiger partial charge in [0.1, 0.15) is 18.1 Å². The van der Waals surface area contributed by atoms with Crippen molar-refractivity contribution in [1.82, 2.24) is 15.3 Å². The summed E-state index contributed by atoms with van der Waals surface area (Å²) >= 11 is 0. The molecule has 11 heteroatoms. The van der Waals surface area contributed by atoms with Crippen molar-refractivity contribution in [3.05, 3.63) is 114 Å². The van der Waals surface area contributed by atoms with Gasteiger partial charge in [0.15, 0.2) is 0 Å². The Morgan fingerprint density at radius 2 is 1.68 bits per heavy atom. The van der Waals surface area contributed by atoms with Gasteiger partial charge in [-0.25, -0.2) is 18.4 Å². The van der Waals surface area contributed by atoms with E-state index < -0.39 is 26.7 Å². The number of carbonyl (C=O) groups excluding carboxylic acids is 1. The minimum absolute atomic E-state index is 0.0531. The van der Waals surface area contributed by atoms with Gasteiger partial charge >= 0.3 is 0 Å². The van der Waals surface area contributed by atoms with Crippen LogP contribution in [0.5, 0.6) is 11.6 Å². The Bertz CT molecular complexity index is 1960. The van der Waals surface area contributed by atoms with Crippen LogP contribution in [0.2, 0.25) is 0 Å². The molecule has 1 amide bonds. The van der Waals surface area contributed by atoms with Crippen LogP contribution in [0.1, 0.15) is 42.4 Å². The number of sulfonamides is 1. The largest absolute Gasteiger partial charge is 0.508 e. The maximum atomic E-state index is 13.6. The molecule has 0 bridgehead atoms. The molecule has 3 aromatic carbocycles. The van der Waals surface area contributed by atoms with E-state index in [1.165, 1.54) is 6.07 Å². The van der Waals surface area contributed by atoms with Gasteiger partial charge in [-0.15, -0.1) is 0 Å². The number of benzene rings is 3. The fourth-order valence-corrected chi connectivity index (χ4v) is 5.63. The number of phenolic OH excluding ortho intramolecular Hbond substituents is 1. The smallest absolute Gasteiger partial charge is 0.270 e. The highest BCUT2D eigenvalue weighted by atomic mass is 32.2. The minimum atomic E-state index is -3.85. The molecule has 47 heavy (non-hydrogen) atoms. The van der Waals surface area contributed by atoms with Crippen molar-refractivity contribution >= 4 is 32.5 Å². The van der Waals surface area contributed by atoms with E-state index in [0.29, 0.717) is 29.8 Å². The van der Waals surface area contributed by atoms with Crippen molar-refractivity contribution < 1.29 is 27.8 Å². The molecule has 0 aliphatic carbocycles. The van der Waals surface area contributed by atoms with Crippen molar-refractivity contribution in [1.29, 1.82) is 0 Å². The Hall–Kier alpha value is -5.00. The first kappa shape index (κ1) is 33.4. The normalized spacial score (nSPS) is 12.4. The molecule has 5 aromatic rings. The van der Waals surface area contributed by atoms with Crippen molar-refractivity contribution in [3.8, 4) is 22.8 Å². The fraction of sp³-hybridized carbons (Fsp3) is 0.250. The first-order valence-electron chi connectivity index (χ1n) is 15.1. The molecule has 0 aliphatic rings. The van der Waals surface area contributed by atoms with E-state index in [1.807, 2.05) is 48.5 Å². The van der Waals surface area contributed by atoms with Crippen LogP contribution in [-0.2, 0) is 27.8 Å². The molecule has 244 valence electrons. The summed E-state index contributed by atoms with van der Waals surface area (Å²) < 4.78 is 39.5. The van der Waals surface area contributed by atoms with Gasteiger partial charge in [-0.05, 0) is 91.9 Å². The first-order chi connectivity index (χ1) is 22.4. The summed E-state index contributed by atoms with van der Waals surface area (Å²) in [7, 11) is -2.30. The fourth-order valence-electron chi connectivity index (χ4n) is 4.86. The molecule has 5 rings (SSSR count). The highest BCUT2D eigenvalue weighted by Crippen LogP contribution is 2.32. The van der Waals surface area contributed by atoms with Crippen LogP contribution >= 0.6 is 0 Å². The Labute approximate surface area is 274 Å². The standard InChI is InChI=1S/C36H38N4O6S/c1-36(2,3)47(43,44)40-32-21-33(35(42)38-28(23-45-4)19-24-11-14-29(41)15-12-24)39-31-16-13-27(20-30(31)32)26-9-7-8-25(18-26)22-46-34-10-5-6-17-37-34/h5-18,20-21,28,41H,19,22-23H2,1-4H3,(H,38,42)(H,39,40)/t28-/m0/s1. The Morgan fingerprint density at radius 3 is 2.38 bits per heavy atom. The lowest BCUT2D eigenvalue weighted by atomic mass is 10.0. The zero-order valence-electron chi connectivity index (χ0n) is 26.7. The van der Waals surface area contributed by atoms with Gasteiger partial charge in [-0.1, -0.05) is 42.5 Å². The number of pyridine rings is 2. The van der Waals surface area contributed by atoms with Crippen LogP contribution in [0.4, 0.5) is 5.69 Å². The summed E-state index contributed by atoms with van der Waals surface area (Å²) in [5.74, 6) is 0.199. The molecular weight excluding hydrogens is 616 g/mol. The summed E-state index contributed by atoms with van der Waals surface area (Å²) in [6.07, 6.45) is 2.12. The third-order valence-electron chi connectivity index (χ3n) is 7.50. The van der Waals surface area contributed by atoms with E-state index in [1.54, 1.807) is 70.5 Å². The number of anilines is 1. The highest BCUT2D eigenvalue weighted by Gasteiger charge is 2.30. The third kappa shape index (κ3) is 8.43. The summed E-state index contributed by atoms with van der Waals surface area (Å²) in [5.41, 5.74) is 4.31. The quantitative estimate of drug-likeness (QED) is 0.147. The minimum Gasteiger partial charge on any atom is -0.508 e. The number of ether oxygens (including phenoxy) is 2. The van der Waals surface area contributed by atoms with E-state index in [4.69, 9.17) is 9.47 Å². The van der Waals surface area contributed by atoms with Crippen LogP contribution in [0.25, 0.3) is 22.0 Å². The lowest BCUT2D eigenvalue weighted by Crippen LogP contribution is -2.40. The van der Waals surface area contributed by atoms with E-state index in [-0.39, 0.29) is 23.7 Å². The molecule has 0 radical (unpaired) electrons. The number of nitrogens with one attached hydrogen (secondary N) is 2. The molecule has 0 unspecified atom stereocenters. The number of rotatable bonds is 12. The van der Waals surface area contributed by atoms with Gasteiger partial charge in [0.05, 0.1) is 28.6 Å². The molecular formula is C36H38N4O6S. The molecule has 2 aromatic heterocycles. The van der Waals surface area contributed by atoms with Gasteiger partial charge in [0.25, 0.3) is 5.91 Å². The second kappa shape index (κ2) is 14.2. The summed E-state index contributed by atoms with van der Waals surface area (Å²) in [5, 5.41) is 13.1. The molecule has 0 fully saturated rings. The molecule has 0 saturated heterocycles. The predicted octanol–water partition coefficient (Wildman–Crippen LogP) is 6.11. The number of phenols is 1. The van der Waals surface area contributed by atoms with Crippen molar-refractivity contribution in [2.45, 2.75) is 44.6 Å². The number of hydrogen-bond acceptors (Lipinski definition) is 8. The molecule has 1 atom stereocenters. The number of hydrogen-bond donors (Lipinski definition) is 3. The summed E-state index contributed by atoms with van der Waals surface area (Å²) in [6, 6.07) is 26.6. The number of aromatic nitrogens is 2. The first-order valence-corrected chi connectivity index (χ1v) is 16.6. The molecule has 10 nitrogen and oxygen atoms in total. The van der Waals surface area contributed by atoms with Gasteiger partial charge in [0.2, 0.25) is 15.9 Å². The number of amides is 1. The predicted molar refractivity (Wildman–Crippen MR) is 183 cm³/mol. The lowest BCUT2D eigenvalue weighted by Gasteiger charge is -2.22. The number of nitrogens with zero attached hydrogens (tertiary/aromatic N) is 2. The molecule has 0 aliphatic heterocycles. The molecule has 0 spiro atoms. The van der Waals surface area contributed by atoms with E-state index >= 15 is 0 Å². The SMILES string of the molecule is COC[C@H](Cc1ccc(O)cc1)NC(=O)c1cc(NS(=O)(=O)C(C)(C)C)c2cc(-c3cccc(COc4ccccn4)c3)ccc2n1. The second-order valence-corrected chi connectivity index (χ2v) is 14.6. The van der Waals surface area contributed by atoms with Gasteiger partial charge in [0, 0.05) is 24.8 Å². The van der Waals surface area contributed by atoms with E-state index in [9.17, 15) is 18.3 Å². The maximum Gasteiger partial charge on any atom is 0.270 e. The maximum absolute atomic E-state index is 13.6. The molecule has 0 saturated carbocycles. The highest BCUT2D eigenvalue weighted by molar-refractivity contribution is 7.94. The third-order valence-corrected chi connectivity index (χ3v) is 9.60. The summed E-state index contributed by atoms with van der Waals surface area (Å²) in [6.45, 7) is 5.38. The van der Waals surface area contributed by atoms with Crippen LogP contribution < -0.4 is 14.8 Å². The monoisotopic (exact) mass is 654 g/mol. The zero-order valence-corrected chi connectivity index (χ0v) is 27.5. The van der Waals surface area contributed by atoms with Gasteiger partial charge in [-0.3, -0.25) is 9.52 Å². The average molecular weight is 655 g/mol. The summed E-state index contributed by atoms with van der Waals surface area (Å²) in [4.78, 5) is 22.4. The second-order valence-electron chi connectivity index (χ2n) is 12.2. The Balaban J connectivity index is 1.48. The molecule has 3 N–H and O–H groups in total. The van der Waals surface area contributed by atoms with Gasteiger partial charge < -0.3 is 19.9 Å². The van der Waals surface area contributed by atoms with Crippen molar-refractivity contribution in [2.24, 2.45) is 0 Å². The zero-order chi connectivity index (χ0) is 33.6. The van der Waals surface area contributed by atoms with Crippen molar-refractivity contribution in [3.63, 3.8) is 0 Å². The topological polar surface area (TPSA) is 140 Å². The average Bonchev–Trinajstić information content (AvgIpc) is 3.04. The van der Waals surface area contributed by atoms with Crippen LogP contribution in [0, 0.1) is 0 Å². The lowest BCUT2D eigenvalue weighted by molar-refractivity contribution is 0.0892. The van der Waals surface area contributed by atoms with E-state index in [0.717, 1.165) is 22.3 Å². The van der Waals surface area contributed by atoms with Crippen molar-refractivity contribution in [2.75, 3.05) is 18.4 Å². The number of carbonyl (C=O) groups is 1. The van der Waals surface area contributed by atoms with E-state index in [2.05, 4.69) is 20.0 Å². The van der Waals surface area contributed by atoms with Gasteiger partial charge in [-0.2, -0.15) is 0 Å². The number of fused-ring (bicyclic) bond motifs is 1.